The molecule has 0 bridgehead atoms. The van der Waals surface area contributed by atoms with Gasteiger partial charge in [-0.25, -0.2) is 0 Å². The van der Waals surface area contributed by atoms with Gasteiger partial charge in [-0.1, -0.05) is 13.8 Å². The second-order valence-corrected chi connectivity index (χ2v) is 7.52. The zero-order chi connectivity index (χ0) is 17.9. The lowest BCUT2D eigenvalue weighted by Gasteiger charge is -2.30. The van der Waals surface area contributed by atoms with Gasteiger partial charge in [-0.15, -0.1) is 0 Å². The zero-order valence-corrected chi connectivity index (χ0v) is 15.2. The molecule has 1 aliphatic heterocycles. The number of nitrogens with one attached hydrogen (secondary N) is 2. The Labute approximate surface area is 146 Å². The summed E-state index contributed by atoms with van der Waals surface area (Å²) in [6, 6.07) is 1.01. The minimum atomic E-state index is -1.06. The molecule has 1 fully saturated rings. The molecule has 132 valence electrons. The number of ether oxygens (including phenoxy) is 1. The number of carbonyl (C=O) groups excluding carboxylic acids is 3. The van der Waals surface area contributed by atoms with Crippen molar-refractivity contribution in [2.45, 2.75) is 51.8 Å². The summed E-state index contributed by atoms with van der Waals surface area (Å²) in [5.41, 5.74) is -0.527. The fourth-order valence-corrected chi connectivity index (χ4v) is 3.23. The van der Waals surface area contributed by atoms with Gasteiger partial charge < -0.3 is 15.4 Å². The van der Waals surface area contributed by atoms with Gasteiger partial charge in [0.1, 0.15) is 18.2 Å². The fraction of sp³-hybridized carbons (Fsp3) is 0.588. The van der Waals surface area contributed by atoms with E-state index in [1.807, 2.05) is 19.2 Å². The number of thiophene rings is 1. The summed E-state index contributed by atoms with van der Waals surface area (Å²) < 4.78 is 5.33. The van der Waals surface area contributed by atoms with Crippen molar-refractivity contribution in [2.24, 2.45) is 5.92 Å². The largest absolute Gasteiger partial charge is 0.368 e. The number of Topliss-reactive ketones (excluding diaryl/α,β-unsaturated/α-hetero) is 1. The lowest BCUT2D eigenvalue weighted by Crippen LogP contribution is -2.60. The number of hydrogen-bond acceptors (Lipinski definition) is 5. The molecule has 6 nitrogen and oxygen atoms in total. The normalized spacial score (nSPS) is 24.9. The lowest BCUT2D eigenvalue weighted by atomic mass is 9.92. The van der Waals surface area contributed by atoms with E-state index >= 15 is 0 Å². The molecule has 0 aromatic carbocycles. The number of rotatable bonds is 6. The summed E-state index contributed by atoms with van der Waals surface area (Å²) in [6.07, 6.45) is 0.0857. The van der Waals surface area contributed by atoms with Crippen molar-refractivity contribution in [1.82, 2.24) is 10.6 Å². The maximum absolute atomic E-state index is 12.7. The Hall–Kier alpha value is -1.73. The molecule has 7 heteroatoms. The Balaban J connectivity index is 2.10. The third-order valence-electron chi connectivity index (χ3n) is 4.35. The lowest BCUT2D eigenvalue weighted by molar-refractivity contribution is -0.130. The van der Waals surface area contributed by atoms with Gasteiger partial charge >= 0.3 is 0 Å². The van der Waals surface area contributed by atoms with E-state index < -0.39 is 17.7 Å². The van der Waals surface area contributed by atoms with E-state index in [4.69, 9.17) is 4.74 Å². The molecule has 1 aromatic heterocycles. The topological polar surface area (TPSA) is 84.5 Å². The van der Waals surface area contributed by atoms with Crippen LogP contribution in [0.5, 0.6) is 0 Å². The average Bonchev–Trinajstić information content (AvgIpc) is 3.11. The third-order valence-corrected chi connectivity index (χ3v) is 5.04. The minimum absolute atomic E-state index is 0.00590. The molecular formula is C17H24N2O4S. The van der Waals surface area contributed by atoms with Crippen molar-refractivity contribution >= 4 is 28.9 Å². The Bertz CT molecular complexity index is 614. The van der Waals surface area contributed by atoms with Crippen molar-refractivity contribution in [3.8, 4) is 0 Å². The Morgan fingerprint density at radius 3 is 2.67 bits per heavy atom. The van der Waals surface area contributed by atoms with Crippen LogP contribution in [0.15, 0.2) is 16.8 Å². The molecule has 1 aromatic rings. The van der Waals surface area contributed by atoms with Crippen LogP contribution < -0.4 is 10.6 Å². The first-order chi connectivity index (χ1) is 11.2. The average molecular weight is 352 g/mol. The quantitative estimate of drug-likeness (QED) is 0.817. The molecule has 3 unspecified atom stereocenters. The third kappa shape index (κ3) is 4.02. The van der Waals surface area contributed by atoms with Crippen LogP contribution in [0.4, 0.5) is 0 Å². The van der Waals surface area contributed by atoms with Crippen LogP contribution in [0.1, 0.15) is 44.5 Å². The van der Waals surface area contributed by atoms with Crippen molar-refractivity contribution in [2.75, 3.05) is 6.61 Å². The van der Waals surface area contributed by atoms with Gasteiger partial charge in [-0.05, 0) is 37.6 Å². The van der Waals surface area contributed by atoms with Gasteiger partial charge in [-0.3, -0.25) is 14.4 Å². The first-order valence-corrected chi connectivity index (χ1v) is 8.98. The molecule has 0 radical (unpaired) electrons. The van der Waals surface area contributed by atoms with Gasteiger partial charge in [0.2, 0.25) is 5.91 Å². The first kappa shape index (κ1) is 18.6. The summed E-state index contributed by atoms with van der Waals surface area (Å²) in [6.45, 7) is 7.37. The van der Waals surface area contributed by atoms with Crippen molar-refractivity contribution in [3.05, 3.63) is 22.4 Å². The predicted molar refractivity (Wildman–Crippen MR) is 92.0 cm³/mol. The first-order valence-electron chi connectivity index (χ1n) is 8.04. The molecule has 0 aliphatic carbocycles. The van der Waals surface area contributed by atoms with Crippen molar-refractivity contribution in [3.63, 3.8) is 0 Å². The minimum Gasteiger partial charge on any atom is -0.368 e. The van der Waals surface area contributed by atoms with Crippen LogP contribution >= 0.6 is 11.3 Å². The maximum atomic E-state index is 12.7. The van der Waals surface area contributed by atoms with Crippen LogP contribution in [0.25, 0.3) is 0 Å². The smallest absolute Gasteiger partial charge is 0.252 e. The van der Waals surface area contributed by atoms with E-state index in [0.29, 0.717) is 12.0 Å². The summed E-state index contributed by atoms with van der Waals surface area (Å²) in [7, 11) is 0. The predicted octanol–water partition coefficient (Wildman–Crippen LogP) is 1.76. The Kier molecular flexibility index (Phi) is 5.77. The Morgan fingerprint density at radius 1 is 1.46 bits per heavy atom. The second kappa shape index (κ2) is 7.44. The highest BCUT2D eigenvalue weighted by molar-refractivity contribution is 7.08. The molecule has 2 rings (SSSR count). The summed E-state index contributed by atoms with van der Waals surface area (Å²) >= 11 is 1.42. The van der Waals surface area contributed by atoms with E-state index in [2.05, 4.69) is 10.6 Å². The van der Waals surface area contributed by atoms with Crippen molar-refractivity contribution in [1.29, 1.82) is 0 Å². The van der Waals surface area contributed by atoms with Crippen LogP contribution in [0, 0.1) is 5.92 Å². The molecule has 3 atom stereocenters. The Morgan fingerprint density at radius 2 is 2.17 bits per heavy atom. The van der Waals surface area contributed by atoms with Gasteiger partial charge in [0.05, 0.1) is 11.7 Å². The summed E-state index contributed by atoms with van der Waals surface area (Å²) in [4.78, 5) is 37.0. The number of carbonyl (C=O) groups is 3. The molecule has 24 heavy (non-hydrogen) atoms. The molecule has 2 amide bonds. The highest BCUT2D eigenvalue weighted by atomic mass is 32.1. The highest BCUT2D eigenvalue weighted by Crippen LogP contribution is 2.22. The van der Waals surface area contributed by atoms with Gasteiger partial charge in [0.25, 0.3) is 5.91 Å². The highest BCUT2D eigenvalue weighted by Gasteiger charge is 2.47. The summed E-state index contributed by atoms with van der Waals surface area (Å²) in [5.74, 6) is -0.593. The number of amides is 2. The molecule has 2 N–H and O–H groups in total. The van der Waals surface area contributed by atoms with Gasteiger partial charge in [-0.2, -0.15) is 11.3 Å². The molecule has 0 saturated carbocycles. The van der Waals surface area contributed by atoms with Crippen LogP contribution in [-0.4, -0.2) is 41.9 Å². The number of ketones is 1. The molecule has 1 aliphatic rings. The fourth-order valence-electron chi connectivity index (χ4n) is 2.60. The second-order valence-electron chi connectivity index (χ2n) is 6.74. The van der Waals surface area contributed by atoms with Crippen LogP contribution in [0.2, 0.25) is 0 Å². The van der Waals surface area contributed by atoms with E-state index in [0.717, 1.165) is 0 Å². The van der Waals surface area contributed by atoms with E-state index in [1.165, 1.54) is 11.3 Å². The SMILES string of the molecule is CC(C)CC(NC(=O)c1ccsc1)C(=O)NC1(C)C(=O)COC1C. The van der Waals surface area contributed by atoms with Crippen LogP contribution in [-0.2, 0) is 14.3 Å². The zero-order valence-electron chi connectivity index (χ0n) is 14.4. The summed E-state index contributed by atoms with van der Waals surface area (Å²) in [5, 5.41) is 9.10. The van der Waals surface area contributed by atoms with E-state index in [9.17, 15) is 14.4 Å². The van der Waals surface area contributed by atoms with Crippen LogP contribution in [0.3, 0.4) is 0 Å². The standard InChI is InChI=1S/C17H24N2O4S/c1-10(2)7-13(18-15(21)12-5-6-24-9-12)16(22)19-17(4)11(3)23-8-14(17)20/h5-6,9-11,13H,7-8H2,1-4H3,(H,18,21)(H,19,22). The molecule has 1 saturated heterocycles. The molecular weight excluding hydrogens is 328 g/mol. The van der Waals surface area contributed by atoms with Gasteiger partial charge in [0, 0.05) is 5.38 Å². The maximum Gasteiger partial charge on any atom is 0.252 e. The monoisotopic (exact) mass is 352 g/mol. The molecule has 0 spiro atoms. The molecule has 2 heterocycles. The number of hydrogen-bond donors (Lipinski definition) is 2. The van der Waals surface area contributed by atoms with E-state index in [1.54, 1.807) is 25.3 Å². The van der Waals surface area contributed by atoms with E-state index in [-0.39, 0.29) is 30.1 Å². The van der Waals surface area contributed by atoms with Crippen molar-refractivity contribution < 1.29 is 19.1 Å². The van der Waals surface area contributed by atoms with Gasteiger partial charge in [0.15, 0.2) is 5.78 Å².